The van der Waals surface area contributed by atoms with Gasteiger partial charge in [-0.2, -0.15) is 31.1 Å². The van der Waals surface area contributed by atoms with Gasteiger partial charge in [-0.25, -0.2) is 4.98 Å². The topological polar surface area (TPSA) is 89.3 Å². The maximum Gasteiger partial charge on any atom is 0.416 e. The van der Waals surface area contributed by atoms with E-state index in [0.29, 0.717) is 43.4 Å². The third-order valence-electron chi connectivity index (χ3n) is 8.83. The molecule has 0 atom stereocenters. The van der Waals surface area contributed by atoms with Crippen molar-refractivity contribution in [3.05, 3.63) is 70.8 Å². The number of hydrogen-bond acceptors (Lipinski definition) is 8. The first-order chi connectivity index (χ1) is 23.2. The van der Waals surface area contributed by atoms with E-state index in [9.17, 15) is 31.1 Å². The van der Waals surface area contributed by atoms with Gasteiger partial charge in [-0.3, -0.25) is 4.79 Å². The summed E-state index contributed by atoms with van der Waals surface area (Å²) < 4.78 is 87.5. The van der Waals surface area contributed by atoms with E-state index >= 15 is 0 Å². The van der Waals surface area contributed by atoms with Crippen LogP contribution in [0.4, 0.5) is 38.1 Å². The first kappa shape index (κ1) is 35.9. The number of carbonyl (C=O) groups excluding carboxylic acids is 1. The summed E-state index contributed by atoms with van der Waals surface area (Å²) in [5, 5.41) is 13.0. The molecule has 1 fully saturated rings. The molecule has 264 valence electrons. The summed E-state index contributed by atoms with van der Waals surface area (Å²) in [6.45, 7) is 5.12. The molecular formula is C34H39F6N7O2. The third kappa shape index (κ3) is 9.18. The van der Waals surface area contributed by atoms with Crippen LogP contribution in [0, 0.1) is 11.8 Å². The van der Waals surface area contributed by atoms with Crippen molar-refractivity contribution in [3.8, 4) is 0 Å². The van der Waals surface area contributed by atoms with Crippen LogP contribution in [-0.4, -0.2) is 50.9 Å². The number of carbonyl (C=O) groups is 1. The van der Waals surface area contributed by atoms with Crippen LogP contribution < -0.4 is 9.80 Å². The second-order valence-electron chi connectivity index (χ2n) is 12.4. The highest BCUT2D eigenvalue weighted by Crippen LogP contribution is 2.38. The molecule has 1 saturated carbocycles. The molecule has 0 spiro atoms. The van der Waals surface area contributed by atoms with Crippen molar-refractivity contribution < 1.29 is 35.9 Å². The maximum absolute atomic E-state index is 13.7. The number of esters is 1. The number of hydrogen-bond donors (Lipinski definition) is 0. The van der Waals surface area contributed by atoms with E-state index in [2.05, 4.69) is 20.3 Å². The first-order valence-electron chi connectivity index (χ1n) is 16.3. The zero-order chi connectivity index (χ0) is 35.3. The molecule has 2 aromatic carbocycles. The zero-order valence-electron chi connectivity index (χ0n) is 27.6. The largest absolute Gasteiger partial charge is 0.466 e. The second kappa shape index (κ2) is 15.0. The van der Waals surface area contributed by atoms with Crippen LogP contribution >= 0.6 is 0 Å². The summed E-state index contributed by atoms with van der Waals surface area (Å²) in [6.07, 6.45) is -5.89. The standard InChI is InChI=1S/C34H39F6N7O2/c1-4-46(19-23-12-10-22(11-13-23)16-30(48)49-5-2)31-26(17-25-8-6-7-9-29(25)41-31)21-47(32-42-44-45(3)43-32)20-24-14-27(33(35,36)37)18-28(15-24)34(38,39)40/h6-9,14-15,17-18,22-23H,4-5,10-13,16,19-21H2,1-3H3. The van der Waals surface area contributed by atoms with Crippen molar-refractivity contribution in [1.82, 2.24) is 25.2 Å². The number of pyridine rings is 1. The number of alkyl halides is 6. The highest BCUT2D eigenvalue weighted by Gasteiger charge is 2.37. The Hall–Kier alpha value is -4.43. The molecule has 1 aliphatic carbocycles. The Morgan fingerprint density at radius 2 is 1.55 bits per heavy atom. The minimum Gasteiger partial charge on any atom is -0.466 e. The van der Waals surface area contributed by atoms with E-state index in [1.165, 1.54) is 16.7 Å². The van der Waals surface area contributed by atoms with Gasteiger partial charge in [0, 0.05) is 43.5 Å². The average Bonchev–Trinajstić information content (AvgIpc) is 3.49. The van der Waals surface area contributed by atoms with Gasteiger partial charge < -0.3 is 14.5 Å². The van der Waals surface area contributed by atoms with Crippen LogP contribution in [0.1, 0.15) is 68.2 Å². The van der Waals surface area contributed by atoms with Crippen LogP contribution in [0.2, 0.25) is 0 Å². The quantitative estimate of drug-likeness (QED) is 0.111. The van der Waals surface area contributed by atoms with Crippen LogP contribution in [-0.2, 0) is 42.0 Å². The number of ether oxygens (including phenoxy) is 1. The molecule has 49 heavy (non-hydrogen) atoms. The summed E-state index contributed by atoms with van der Waals surface area (Å²) >= 11 is 0. The minimum absolute atomic E-state index is 0.0270. The molecule has 15 heteroatoms. The lowest BCUT2D eigenvalue weighted by atomic mass is 9.80. The van der Waals surface area contributed by atoms with Crippen molar-refractivity contribution in [1.29, 1.82) is 0 Å². The average molecular weight is 692 g/mol. The van der Waals surface area contributed by atoms with Crippen molar-refractivity contribution in [2.24, 2.45) is 18.9 Å². The summed E-state index contributed by atoms with van der Waals surface area (Å²) in [5.74, 6) is 1.14. The van der Waals surface area contributed by atoms with E-state index in [4.69, 9.17) is 9.72 Å². The summed E-state index contributed by atoms with van der Waals surface area (Å²) in [5.41, 5.74) is -1.56. The number of benzene rings is 2. The van der Waals surface area contributed by atoms with Gasteiger partial charge in [0.1, 0.15) is 5.82 Å². The summed E-state index contributed by atoms with van der Waals surface area (Å²) in [7, 11) is 1.52. The molecule has 2 heterocycles. The molecule has 5 rings (SSSR count). The first-order valence-corrected chi connectivity index (χ1v) is 16.3. The van der Waals surface area contributed by atoms with E-state index < -0.39 is 23.5 Å². The van der Waals surface area contributed by atoms with Gasteiger partial charge in [-0.05, 0) is 92.5 Å². The van der Waals surface area contributed by atoms with Gasteiger partial charge in [0.25, 0.3) is 5.95 Å². The van der Waals surface area contributed by atoms with Crippen molar-refractivity contribution in [2.75, 3.05) is 29.5 Å². The number of rotatable bonds is 12. The Kier molecular flexibility index (Phi) is 11.0. The molecular weight excluding hydrogens is 652 g/mol. The third-order valence-corrected chi connectivity index (χ3v) is 8.83. The number of tetrazole rings is 1. The molecule has 0 amide bonds. The lowest BCUT2D eigenvalue weighted by Gasteiger charge is -2.34. The fourth-order valence-corrected chi connectivity index (χ4v) is 6.43. The highest BCUT2D eigenvalue weighted by molar-refractivity contribution is 5.82. The molecule has 1 aliphatic rings. The number of nitrogens with zero attached hydrogens (tertiary/aromatic N) is 7. The SMILES string of the molecule is CCOC(=O)CC1CCC(CN(CC)c2nc3ccccc3cc2CN(Cc2cc(C(F)(F)F)cc(C(F)(F)F)c2)c2nnn(C)n2)CC1. The Morgan fingerprint density at radius 3 is 2.14 bits per heavy atom. The van der Waals surface area contributed by atoms with Gasteiger partial charge >= 0.3 is 18.3 Å². The fraction of sp³-hybridized carbons (Fsp3) is 0.500. The van der Waals surface area contributed by atoms with Gasteiger partial charge in [0.15, 0.2) is 0 Å². The molecule has 4 aromatic rings. The number of aromatic nitrogens is 5. The van der Waals surface area contributed by atoms with Gasteiger partial charge in [0.05, 0.1) is 30.3 Å². The predicted molar refractivity (Wildman–Crippen MR) is 171 cm³/mol. The summed E-state index contributed by atoms with van der Waals surface area (Å²) in [4.78, 5) is 21.9. The normalized spacial score (nSPS) is 16.9. The van der Waals surface area contributed by atoms with E-state index in [1.54, 1.807) is 6.92 Å². The van der Waals surface area contributed by atoms with Gasteiger partial charge in [-0.1, -0.05) is 23.3 Å². The second-order valence-corrected chi connectivity index (χ2v) is 12.4. The molecule has 0 aliphatic heterocycles. The van der Waals surface area contributed by atoms with Crippen LogP contribution in [0.25, 0.3) is 10.9 Å². The number of anilines is 2. The number of fused-ring (bicyclic) bond motifs is 1. The van der Waals surface area contributed by atoms with Gasteiger partial charge in [0.2, 0.25) is 0 Å². The molecule has 2 aromatic heterocycles. The van der Waals surface area contributed by atoms with Gasteiger partial charge in [-0.15, -0.1) is 5.10 Å². The molecule has 0 unspecified atom stereocenters. The smallest absolute Gasteiger partial charge is 0.416 e. The van der Waals surface area contributed by atoms with Crippen molar-refractivity contribution in [3.63, 3.8) is 0 Å². The Morgan fingerprint density at radius 1 is 0.898 bits per heavy atom. The number of para-hydroxylation sites is 1. The highest BCUT2D eigenvalue weighted by atomic mass is 19.4. The molecule has 0 N–H and O–H groups in total. The monoisotopic (exact) mass is 691 g/mol. The minimum atomic E-state index is -4.99. The van der Waals surface area contributed by atoms with E-state index in [-0.39, 0.29) is 42.6 Å². The van der Waals surface area contributed by atoms with Crippen LogP contribution in [0.5, 0.6) is 0 Å². The lowest BCUT2D eigenvalue weighted by Crippen LogP contribution is -2.34. The molecule has 0 saturated heterocycles. The Balaban J connectivity index is 1.47. The number of halogens is 6. The Labute approximate surface area is 280 Å². The van der Waals surface area contributed by atoms with Crippen molar-refractivity contribution in [2.45, 2.75) is 71.4 Å². The maximum atomic E-state index is 13.7. The molecule has 9 nitrogen and oxygen atoms in total. The van der Waals surface area contributed by atoms with E-state index in [1.807, 2.05) is 37.3 Å². The molecule has 0 bridgehead atoms. The lowest BCUT2D eigenvalue weighted by molar-refractivity contribution is -0.145. The fourth-order valence-electron chi connectivity index (χ4n) is 6.43. The van der Waals surface area contributed by atoms with Crippen LogP contribution in [0.15, 0.2) is 48.5 Å². The molecule has 0 radical (unpaired) electrons. The zero-order valence-corrected chi connectivity index (χ0v) is 27.6. The van der Waals surface area contributed by atoms with E-state index in [0.717, 1.165) is 48.7 Å². The van der Waals surface area contributed by atoms with Crippen molar-refractivity contribution >= 4 is 28.6 Å². The predicted octanol–water partition coefficient (Wildman–Crippen LogP) is 7.59. The van der Waals surface area contributed by atoms with Crippen LogP contribution in [0.3, 0.4) is 0 Å². The summed E-state index contributed by atoms with van der Waals surface area (Å²) in [6, 6.07) is 11.0. The Bertz CT molecular complexity index is 1700. The number of aryl methyl sites for hydroxylation is 1.